The van der Waals surface area contributed by atoms with Gasteiger partial charge in [0.05, 0.1) is 16.4 Å². The highest BCUT2D eigenvalue weighted by molar-refractivity contribution is 9.11. The third-order valence-corrected chi connectivity index (χ3v) is 14.3. The van der Waals surface area contributed by atoms with E-state index >= 15 is 0 Å². The topological polar surface area (TPSA) is 109 Å². The average Bonchev–Trinajstić information content (AvgIpc) is 3.55. The third-order valence-electron chi connectivity index (χ3n) is 11.5. The van der Waals surface area contributed by atoms with Crippen LogP contribution < -0.4 is 10.6 Å². The molecule has 4 heterocycles. The number of aryl methyl sites for hydroxylation is 1. The van der Waals surface area contributed by atoms with Crippen LogP contribution in [0.25, 0.3) is 0 Å². The van der Waals surface area contributed by atoms with Gasteiger partial charge in [-0.15, -0.1) is 22.7 Å². The van der Waals surface area contributed by atoms with Gasteiger partial charge in [0.25, 0.3) is 0 Å². The first kappa shape index (κ1) is 45.3. The Balaban J connectivity index is 0.000000215. The molecule has 2 aromatic rings. The van der Waals surface area contributed by atoms with Crippen LogP contribution >= 0.6 is 38.6 Å². The molecule has 56 heavy (non-hydrogen) atoms. The Morgan fingerprint density at radius 2 is 1.11 bits per heavy atom. The van der Waals surface area contributed by atoms with Crippen molar-refractivity contribution in [3.05, 3.63) is 30.1 Å². The minimum absolute atomic E-state index is 0.270. The lowest BCUT2D eigenvalue weighted by Gasteiger charge is -2.31. The largest absolute Gasteiger partial charge is 0.444 e. The summed E-state index contributed by atoms with van der Waals surface area (Å²) in [6.07, 6.45) is 17.9. The Morgan fingerprint density at radius 3 is 1.55 bits per heavy atom. The van der Waals surface area contributed by atoms with E-state index in [0.29, 0.717) is 0 Å². The predicted octanol–water partition coefficient (Wildman–Crippen LogP) is 9.75. The number of hydrogen-bond acceptors (Lipinski definition) is 10. The van der Waals surface area contributed by atoms with Crippen LogP contribution in [0.3, 0.4) is 0 Å². The second kappa shape index (κ2) is 21.5. The van der Waals surface area contributed by atoms with E-state index in [2.05, 4.69) is 48.3 Å². The second-order valence-electron chi connectivity index (χ2n) is 18.6. The van der Waals surface area contributed by atoms with Crippen LogP contribution in [-0.2, 0) is 41.6 Å². The predicted molar refractivity (Wildman–Crippen MR) is 233 cm³/mol. The molecule has 2 aliphatic carbocycles. The minimum atomic E-state index is -0.427. The third kappa shape index (κ3) is 15.8. The zero-order valence-corrected chi connectivity index (χ0v) is 38.7. The molecule has 2 amide bonds. The molecule has 2 fully saturated rings. The van der Waals surface area contributed by atoms with Gasteiger partial charge in [-0.25, -0.2) is 19.6 Å². The summed E-state index contributed by atoms with van der Waals surface area (Å²) in [4.78, 5) is 41.6. The summed E-state index contributed by atoms with van der Waals surface area (Å²) in [5, 5.41) is 7.43. The van der Waals surface area contributed by atoms with E-state index in [1.807, 2.05) is 52.9 Å². The zero-order valence-electron chi connectivity index (χ0n) is 35.5. The van der Waals surface area contributed by atoms with Crippen molar-refractivity contribution in [3.8, 4) is 0 Å². The lowest BCUT2D eigenvalue weighted by atomic mass is 9.84. The van der Waals surface area contributed by atoms with Crippen LogP contribution in [0.5, 0.6) is 0 Å². The molecule has 316 valence electrons. The Bertz CT molecular complexity index is 1470. The Labute approximate surface area is 354 Å². The van der Waals surface area contributed by atoms with E-state index < -0.39 is 11.2 Å². The molecule has 0 saturated heterocycles. The molecule has 0 spiro atoms. The number of alkyl carbamates (subject to hydrolysis) is 2. The molecule has 2 aromatic heterocycles. The SMILES string of the molecule is CC(C)(C)OC(=O)NC1CCC(CCN2CCc3nc(Br)sc3CC2)CC1.CCCc1nc2c(s1)CCN(CCC1CCC(NC(=O)OC(C)(C)C)CC1)CC2. The maximum absolute atomic E-state index is 12.0. The zero-order chi connectivity index (χ0) is 40.3. The number of amides is 2. The second-order valence-corrected chi connectivity index (χ2v) is 22.1. The van der Waals surface area contributed by atoms with Crippen LogP contribution in [-0.4, -0.2) is 94.5 Å². The summed E-state index contributed by atoms with van der Waals surface area (Å²) in [6, 6.07) is 0.549. The van der Waals surface area contributed by atoms with Crippen LogP contribution in [0.1, 0.15) is 145 Å². The number of nitrogens with zero attached hydrogens (tertiary/aromatic N) is 4. The van der Waals surface area contributed by atoms with Crippen LogP contribution in [0.15, 0.2) is 3.92 Å². The fraction of sp³-hybridized carbons (Fsp3) is 0.814. The van der Waals surface area contributed by atoms with Gasteiger partial charge < -0.3 is 29.9 Å². The number of thiazole rings is 2. The fourth-order valence-electron chi connectivity index (χ4n) is 8.48. The number of nitrogens with one attached hydrogen (secondary N) is 2. The molecule has 0 bridgehead atoms. The monoisotopic (exact) mass is 878 g/mol. The lowest BCUT2D eigenvalue weighted by Crippen LogP contribution is -2.41. The molecule has 10 nitrogen and oxygen atoms in total. The van der Waals surface area contributed by atoms with Crippen LogP contribution in [0.4, 0.5) is 9.59 Å². The smallest absolute Gasteiger partial charge is 0.407 e. The molecule has 0 aromatic carbocycles. The fourth-order valence-corrected chi connectivity index (χ4v) is 11.3. The normalized spacial score (nSPS) is 23.7. The molecule has 2 saturated carbocycles. The molecule has 2 aliphatic heterocycles. The minimum Gasteiger partial charge on any atom is -0.444 e. The quantitative estimate of drug-likeness (QED) is 0.243. The number of hydrogen-bond donors (Lipinski definition) is 2. The van der Waals surface area contributed by atoms with Gasteiger partial charge in [-0.3, -0.25) is 0 Å². The van der Waals surface area contributed by atoms with E-state index in [-0.39, 0.29) is 24.3 Å². The van der Waals surface area contributed by atoms with E-state index in [0.717, 1.165) is 86.8 Å². The highest BCUT2D eigenvalue weighted by Gasteiger charge is 2.28. The van der Waals surface area contributed by atoms with Crippen molar-refractivity contribution < 1.29 is 19.1 Å². The van der Waals surface area contributed by atoms with E-state index in [4.69, 9.17) is 14.5 Å². The molecule has 0 atom stereocenters. The number of fused-ring (bicyclic) bond motifs is 2. The van der Waals surface area contributed by atoms with Crippen molar-refractivity contribution in [1.82, 2.24) is 30.4 Å². The van der Waals surface area contributed by atoms with Crippen molar-refractivity contribution >= 4 is 50.8 Å². The summed E-state index contributed by atoms with van der Waals surface area (Å²) in [5.41, 5.74) is 1.81. The lowest BCUT2D eigenvalue weighted by molar-refractivity contribution is 0.0474. The molecule has 13 heteroatoms. The van der Waals surface area contributed by atoms with Gasteiger partial charge in [-0.1, -0.05) is 6.92 Å². The van der Waals surface area contributed by atoms with E-state index in [1.165, 1.54) is 97.2 Å². The van der Waals surface area contributed by atoms with Gasteiger partial charge in [0.1, 0.15) is 11.2 Å². The van der Waals surface area contributed by atoms with Gasteiger partial charge in [0.2, 0.25) is 0 Å². The van der Waals surface area contributed by atoms with Crippen molar-refractivity contribution in [2.24, 2.45) is 11.8 Å². The molecular formula is C43H71BrN6O4S2. The number of aromatic nitrogens is 2. The van der Waals surface area contributed by atoms with Gasteiger partial charge in [0, 0.05) is 60.9 Å². The number of carbonyl (C=O) groups is 2. The van der Waals surface area contributed by atoms with Crippen LogP contribution in [0, 0.1) is 11.8 Å². The summed E-state index contributed by atoms with van der Waals surface area (Å²) in [5.74, 6) is 1.57. The van der Waals surface area contributed by atoms with Crippen molar-refractivity contribution in [1.29, 1.82) is 0 Å². The summed E-state index contributed by atoms with van der Waals surface area (Å²) in [6.45, 7) is 20.7. The van der Waals surface area contributed by atoms with Crippen LogP contribution in [0.2, 0.25) is 0 Å². The molecule has 0 unspecified atom stereocenters. The number of carbonyl (C=O) groups excluding carboxylic acids is 2. The van der Waals surface area contributed by atoms with Crippen molar-refractivity contribution in [2.75, 3.05) is 39.3 Å². The first-order valence-corrected chi connectivity index (χ1v) is 24.1. The Morgan fingerprint density at radius 1 is 0.679 bits per heavy atom. The highest BCUT2D eigenvalue weighted by atomic mass is 79.9. The maximum Gasteiger partial charge on any atom is 0.407 e. The van der Waals surface area contributed by atoms with Gasteiger partial charge in [0.15, 0.2) is 3.92 Å². The van der Waals surface area contributed by atoms with Gasteiger partial charge >= 0.3 is 12.2 Å². The molecule has 6 rings (SSSR count). The number of rotatable bonds is 10. The molecule has 2 N–H and O–H groups in total. The van der Waals surface area contributed by atoms with E-state index in [1.54, 1.807) is 11.3 Å². The number of halogens is 1. The first-order valence-electron chi connectivity index (χ1n) is 21.7. The standard InChI is InChI=1S/C23H39N3O2S.C20H32BrN3O2S/c1-5-6-21-25-19-12-15-26(16-13-20(19)29-21)14-11-17-7-9-18(10-8-17)24-22(27)28-23(2,3)4;1-20(2,3)26-19(25)22-15-6-4-14(5-7-15)8-11-24-12-9-16-17(10-13-24)27-18(21)23-16/h17-18H,5-16H2,1-4H3,(H,24,27);14-15H,4-13H2,1-3H3,(H,22,25). The van der Waals surface area contributed by atoms with E-state index in [9.17, 15) is 9.59 Å². The molecular weight excluding hydrogens is 809 g/mol. The average molecular weight is 880 g/mol. The van der Waals surface area contributed by atoms with Crippen molar-refractivity contribution in [3.63, 3.8) is 0 Å². The summed E-state index contributed by atoms with van der Waals surface area (Å²) in [7, 11) is 0. The summed E-state index contributed by atoms with van der Waals surface area (Å²) >= 11 is 7.25. The number of ether oxygens (including phenoxy) is 2. The van der Waals surface area contributed by atoms with Crippen molar-refractivity contribution in [2.45, 2.75) is 174 Å². The molecule has 0 radical (unpaired) electrons. The Kier molecular flexibility index (Phi) is 17.3. The maximum atomic E-state index is 12.0. The van der Waals surface area contributed by atoms with Gasteiger partial charge in [-0.05, 0) is 172 Å². The summed E-state index contributed by atoms with van der Waals surface area (Å²) < 4.78 is 11.8. The highest BCUT2D eigenvalue weighted by Crippen LogP contribution is 2.31. The first-order chi connectivity index (χ1) is 26.6. The molecule has 4 aliphatic rings. The van der Waals surface area contributed by atoms with Gasteiger partial charge in [-0.2, -0.15) is 0 Å². The Hall–Kier alpha value is -1.80.